The third kappa shape index (κ3) is 3.31. The summed E-state index contributed by atoms with van der Waals surface area (Å²) in [4.78, 5) is 41.0. The molecule has 2 heterocycles. The van der Waals surface area contributed by atoms with Crippen LogP contribution in [0.15, 0.2) is 23.0 Å². The number of piperidine rings is 1. The Kier molecular flexibility index (Phi) is 4.18. The normalized spacial score (nSPS) is 18.6. The van der Waals surface area contributed by atoms with Gasteiger partial charge in [-0.2, -0.15) is 0 Å². The molecule has 25 heavy (non-hydrogen) atoms. The highest BCUT2D eigenvalue weighted by Crippen LogP contribution is 2.30. The first-order valence-corrected chi connectivity index (χ1v) is 8.35. The SMILES string of the molecule is Cn1c(=O)[nH]c2cccc(C3CCN(C(=O)OC(C)(C)C)CC3=O)c21. The summed E-state index contributed by atoms with van der Waals surface area (Å²) in [7, 11) is 1.69. The van der Waals surface area contributed by atoms with Crippen molar-refractivity contribution in [1.29, 1.82) is 0 Å². The second kappa shape index (κ2) is 6.06. The number of benzene rings is 1. The number of Topliss-reactive ketones (excluding diaryl/α,β-unsaturated/α-hetero) is 1. The van der Waals surface area contributed by atoms with Gasteiger partial charge < -0.3 is 14.6 Å². The quantitative estimate of drug-likeness (QED) is 0.858. The fraction of sp³-hybridized carbons (Fsp3) is 0.500. The molecule has 1 fully saturated rings. The smallest absolute Gasteiger partial charge is 0.410 e. The molecule has 7 heteroatoms. The van der Waals surface area contributed by atoms with Crippen molar-refractivity contribution < 1.29 is 14.3 Å². The van der Waals surface area contributed by atoms with Crippen molar-refractivity contribution in [3.63, 3.8) is 0 Å². The molecule has 1 aromatic carbocycles. The topological polar surface area (TPSA) is 84.4 Å². The monoisotopic (exact) mass is 345 g/mol. The van der Waals surface area contributed by atoms with Crippen LogP contribution in [0.1, 0.15) is 38.7 Å². The summed E-state index contributed by atoms with van der Waals surface area (Å²) < 4.78 is 6.87. The summed E-state index contributed by atoms with van der Waals surface area (Å²) in [5, 5.41) is 0. The number of rotatable bonds is 1. The molecular formula is C18H23N3O4. The van der Waals surface area contributed by atoms with Crippen LogP contribution in [0.2, 0.25) is 0 Å². The number of aryl methyl sites for hydroxylation is 1. The van der Waals surface area contributed by atoms with Gasteiger partial charge in [-0.3, -0.25) is 9.36 Å². The van der Waals surface area contributed by atoms with E-state index in [4.69, 9.17) is 4.74 Å². The molecular weight excluding hydrogens is 322 g/mol. The number of hydrogen-bond donors (Lipinski definition) is 1. The van der Waals surface area contributed by atoms with Crippen LogP contribution in [-0.2, 0) is 16.6 Å². The molecule has 1 N–H and O–H groups in total. The number of carbonyl (C=O) groups is 2. The highest BCUT2D eigenvalue weighted by Gasteiger charge is 2.34. The number of H-pyrrole nitrogens is 1. The van der Waals surface area contributed by atoms with E-state index in [9.17, 15) is 14.4 Å². The third-order valence-electron chi connectivity index (χ3n) is 4.40. The van der Waals surface area contributed by atoms with Gasteiger partial charge in [-0.05, 0) is 38.8 Å². The zero-order valence-electron chi connectivity index (χ0n) is 15.0. The molecule has 1 amide bonds. The molecule has 1 aliphatic heterocycles. The maximum Gasteiger partial charge on any atom is 0.410 e. The average molecular weight is 345 g/mol. The van der Waals surface area contributed by atoms with Gasteiger partial charge >= 0.3 is 11.8 Å². The molecule has 0 radical (unpaired) electrons. The van der Waals surface area contributed by atoms with E-state index in [1.165, 1.54) is 9.47 Å². The summed E-state index contributed by atoms with van der Waals surface area (Å²) in [5.41, 5.74) is 1.49. The lowest BCUT2D eigenvalue weighted by Gasteiger charge is -2.32. The van der Waals surface area contributed by atoms with E-state index in [2.05, 4.69) is 4.98 Å². The predicted octanol–water partition coefficient (Wildman–Crippen LogP) is 2.16. The fourth-order valence-corrected chi connectivity index (χ4v) is 3.25. The Morgan fingerprint density at radius 2 is 2.00 bits per heavy atom. The van der Waals surface area contributed by atoms with Crippen LogP contribution in [0.5, 0.6) is 0 Å². The van der Waals surface area contributed by atoms with Crippen LogP contribution in [0.4, 0.5) is 4.79 Å². The fourth-order valence-electron chi connectivity index (χ4n) is 3.25. The molecule has 0 aliphatic carbocycles. The number of aromatic amines is 1. The van der Waals surface area contributed by atoms with E-state index >= 15 is 0 Å². The molecule has 1 unspecified atom stereocenters. The van der Waals surface area contributed by atoms with Crippen molar-refractivity contribution >= 4 is 22.9 Å². The number of aromatic nitrogens is 2. The Morgan fingerprint density at radius 3 is 2.64 bits per heavy atom. The number of carbonyl (C=O) groups excluding carboxylic acids is 2. The number of imidazole rings is 1. The van der Waals surface area contributed by atoms with Gasteiger partial charge in [0.25, 0.3) is 0 Å². The second-order valence-corrected chi connectivity index (χ2v) is 7.44. The molecule has 1 atom stereocenters. The van der Waals surface area contributed by atoms with Gasteiger partial charge in [-0.25, -0.2) is 9.59 Å². The molecule has 0 bridgehead atoms. The zero-order valence-corrected chi connectivity index (χ0v) is 15.0. The van der Waals surface area contributed by atoms with Gasteiger partial charge in [-0.15, -0.1) is 0 Å². The third-order valence-corrected chi connectivity index (χ3v) is 4.40. The number of nitrogens with zero attached hydrogens (tertiary/aromatic N) is 2. The van der Waals surface area contributed by atoms with Crippen LogP contribution in [0.25, 0.3) is 11.0 Å². The van der Waals surface area contributed by atoms with Gasteiger partial charge in [0.1, 0.15) is 5.60 Å². The minimum absolute atomic E-state index is 0.0222. The van der Waals surface area contributed by atoms with Crippen molar-refractivity contribution in [3.8, 4) is 0 Å². The van der Waals surface area contributed by atoms with Crippen molar-refractivity contribution in [2.24, 2.45) is 7.05 Å². The molecule has 134 valence electrons. The molecule has 3 rings (SSSR count). The van der Waals surface area contributed by atoms with Crippen LogP contribution < -0.4 is 5.69 Å². The molecule has 1 saturated heterocycles. The minimum Gasteiger partial charge on any atom is -0.444 e. The zero-order chi connectivity index (χ0) is 18.4. The number of para-hydroxylation sites is 1. The number of nitrogens with one attached hydrogen (secondary N) is 1. The summed E-state index contributed by atoms with van der Waals surface area (Å²) in [6, 6.07) is 5.53. The predicted molar refractivity (Wildman–Crippen MR) is 93.7 cm³/mol. The lowest BCUT2D eigenvalue weighted by atomic mass is 9.87. The van der Waals surface area contributed by atoms with Crippen LogP contribution in [0.3, 0.4) is 0 Å². The second-order valence-electron chi connectivity index (χ2n) is 7.44. The van der Waals surface area contributed by atoms with Crippen LogP contribution in [0, 0.1) is 0 Å². The van der Waals surface area contributed by atoms with Gasteiger partial charge in [0.05, 0.1) is 17.6 Å². The van der Waals surface area contributed by atoms with Gasteiger partial charge in [0, 0.05) is 19.5 Å². The molecule has 1 aliphatic rings. The minimum atomic E-state index is -0.591. The first kappa shape index (κ1) is 17.3. The lowest BCUT2D eigenvalue weighted by Crippen LogP contribution is -2.45. The molecule has 2 aromatic rings. The maximum absolute atomic E-state index is 12.7. The number of ketones is 1. The van der Waals surface area contributed by atoms with Crippen LogP contribution >= 0.6 is 0 Å². The van der Waals surface area contributed by atoms with E-state index in [1.807, 2.05) is 18.2 Å². The largest absolute Gasteiger partial charge is 0.444 e. The highest BCUT2D eigenvalue weighted by molar-refractivity contribution is 5.94. The standard InChI is InChI=1S/C18H23N3O4/c1-18(2,3)25-17(24)21-9-8-11(14(22)10-21)12-6-5-7-13-15(12)20(4)16(23)19-13/h5-7,11H,8-10H2,1-4H3,(H,19,23). The Labute approximate surface area is 145 Å². The number of amides is 1. The van der Waals surface area contributed by atoms with Crippen LogP contribution in [-0.4, -0.2) is 45.0 Å². The van der Waals surface area contributed by atoms with E-state index in [-0.39, 0.29) is 23.9 Å². The lowest BCUT2D eigenvalue weighted by molar-refractivity contribution is -0.123. The highest BCUT2D eigenvalue weighted by atomic mass is 16.6. The number of hydrogen-bond acceptors (Lipinski definition) is 4. The Balaban J connectivity index is 1.85. The number of ether oxygens (including phenoxy) is 1. The van der Waals surface area contributed by atoms with E-state index in [1.54, 1.807) is 27.8 Å². The summed E-state index contributed by atoms with van der Waals surface area (Å²) in [6.45, 7) is 5.86. The van der Waals surface area contributed by atoms with Crippen molar-refractivity contribution in [2.45, 2.75) is 38.7 Å². The summed E-state index contributed by atoms with van der Waals surface area (Å²) in [5.74, 6) is -0.373. The number of fused-ring (bicyclic) bond motifs is 1. The van der Waals surface area contributed by atoms with Crippen molar-refractivity contribution in [3.05, 3.63) is 34.2 Å². The van der Waals surface area contributed by atoms with E-state index < -0.39 is 11.7 Å². The first-order chi connectivity index (χ1) is 11.7. The molecule has 0 saturated carbocycles. The number of likely N-dealkylation sites (tertiary alicyclic amines) is 1. The Morgan fingerprint density at radius 1 is 1.28 bits per heavy atom. The van der Waals surface area contributed by atoms with E-state index in [0.29, 0.717) is 18.5 Å². The van der Waals surface area contributed by atoms with E-state index in [0.717, 1.165) is 11.1 Å². The Hall–Kier alpha value is -2.57. The Bertz CT molecular complexity index is 888. The average Bonchev–Trinajstić information content (AvgIpc) is 2.80. The van der Waals surface area contributed by atoms with Gasteiger partial charge in [0.15, 0.2) is 5.78 Å². The summed E-state index contributed by atoms with van der Waals surface area (Å²) in [6.07, 6.45) is 0.0443. The van der Waals surface area contributed by atoms with Crippen molar-refractivity contribution in [1.82, 2.24) is 14.5 Å². The molecule has 0 spiro atoms. The van der Waals surface area contributed by atoms with Crippen molar-refractivity contribution in [2.75, 3.05) is 13.1 Å². The summed E-state index contributed by atoms with van der Waals surface area (Å²) >= 11 is 0. The molecule has 7 nitrogen and oxygen atoms in total. The van der Waals surface area contributed by atoms with Gasteiger partial charge in [-0.1, -0.05) is 12.1 Å². The molecule has 1 aromatic heterocycles. The first-order valence-electron chi connectivity index (χ1n) is 8.35. The van der Waals surface area contributed by atoms with Gasteiger partial charge in [0.2, 0.25) is 0 Å². The maximum atomic E-state index is 12.7.